The van der Waals surface area contributed by atoms with Gasteiger partial charge in [-0.15, -0.1) is 0 Å². The predicted octanol–water partition coefficient (Wildman–Crippen LogP) is 1.17. The van der Waals surface area contributed by atoms with E-state index >= 15 is 0 Å². The van der Waals surface area contributed by atoms with Gasteiger partial charge >= 0.3 is 0 Å². The molecular formula is C9H12N4O. The lowest BCUT2D eigenvalue weighted by Gasteiger charge is -1.92. The first-order valence-electron chi connectivity index (χ1n) is 4.57. The Balaban J connectivity index is 2.10. The number of H-pyrrole nitrogens is 1. The van der Waals surface area contributed by atoms with Crippen LogP contribution in [0.5, 0.6) is 0 Å². The van der Waals surface area contributed by atoms with E-state index in [0.717, 1.165) is 12.2 Å². The lowest BCUT2D eigenvalue weighted by atomic mass is 10.4. The molecule has 5 heteroatoms. The molecule has 5 nitrogen and oxygen atoms in total. The van der Waals surface area contributed by atoms with Crippen molar-refractivity contribution < 1.29 is 4.52 Å². The quantitative estimate of drug-likeness (QED) is 0.763. The van der Waals surface area contributed by atoms with E-state index in [0.29, 0.717) is 18.3 Å². The molecule has 0 amide bonds. The van der Waals surface area contributed by atoms with Crippen LogP contribution >= 0.6 is 0 Å². The summed E-state index contributed by atoms with van der Waals surface area (Å²) in [5.74, 6) is 1.21. The molecule has 0 unspecified atom stereocenters. The Morgan fingerprint density at radius 2 is 2.50 bits per heavy atom. The Morgan fingerprint density at radius 1 is 1.57 bits per heavy atom. The molecule has 0 aliphatic carbocycles. The summed E-state index contributed by atoms with van der Waals surface area (Å²) in [6, 6.07) is 3.80. The molecule has 0 radical (unpaired) electrons. The molecule has 2 aromatic heterocycles. The summed E-state index contributed by atoms with van der Waals surface area (Å²) in [4.78, 5) is 7.24. The fraction of sp³-hybridized carbons (Fsp3) is 0.333. The Hall–Kier alpha value is -1.62. The topological polar surface area (TPSA) is 66.7 Å². The van der Waals surface area contributed by atoms with Gasteiger partial charge in [0.25, 0.3) is 0 Å². The summed E-state index contributed by atoms with van der Waals surface area (Å²) in [7, 11) is 0. The minimum atomic E-state index is 0.600. The average Bonchev–Trinajstić information content (AvgIpc) is 2.85. The van der Waals surface area contributed by atoms with E-state index in [1.54, 1.807) is 0 Å². The number of hydrogen-bond donors (Lipinski definition) is 2. The van der Waals surface area contributed by atoms with Crippen molar-refractivity contribution in [3.05, 3.63) is 24.2 Å². The van der Waals surface area contributed by atoms with Crippen LogP contribution in [0, 0.1) is 0 Å². The van der Waals surface area contributed by atoms with Crippen LogP contribution in [0.3, 0.4) is 0 Å². The molecule has 0 saturated heterocycles. The molecule has 0 fully saturated rings. The fourth-order valence-corrected chi connectivity index (χ4v) is 1.14. The highest BCUT2D eigenvalue weighted by Gasteiger charge is 2.07. The molecule has 0 saturated carbocycles. The minimum absolute atomic E-state index is 0.600. The smallest absolute Gasteiger partial charge is 0.240 e. The number of hydrogen-bond acceptors (Lipinski definition) is 4. The van der Waals surface area contributed by atoms with E-state index in [1.807, 2.05) is 25.3 Å². The van der Waals surface area contributed by atoms with Crippen LogP contribution in [0.2, 0.25) is 0 Å². The zero-order valence-electron chi connectivity index (χ0n) is 7.95. The number of aromatic nitrogens is 3. The molecular weight excluding hydrogens is 180 g/mol. The largest absolute Gasteiger partial charge is 0.359 e. The standard InChI is InChI=1S/C9H12N4O/c1-2-10-6-8-12-9(13-14-8)7-4-3-5-11-7/h3-5,10-11H,2,6H2,1H3. The Labute approximate surface area is 81.5 Å². The number of rotatable bonds is 4. The second-order valence-corrected chi connectivity index (χ2v) is 2.88. The van der Waals surface area contributed by atoms with Gasteiger partial charge in [0.1, 0.15) is 0 Å². The molecule has 2 aromatic rings. The normalized spacial score (nSPS) is 10.6. The van der Waals surface area contributed by atoms with Gasteiger partial charge in [0.15, 0.2) is 0 Å². The van der Waals surface area contributed by atoms with Gasteiger partial charge in [0.2, 0.25) is 11.7 Å². The molecule has 14 heavy (non-hydrogen) atoms. The zero-order valence-corrected chi connectivity index (χ0v) is 7.95. The molecule has 0 bridgehead atoms. The monoisotopic (exact) mass is 192 g/mol. The predicted molar refractivity (Wildman–Crippen MR) is 51.5 cm³/mol. The van der Waals surface area contributed by atoms with Gasteiger partial charge in [-0.2, -0.15) is 4.98 Å². The van der Waals surface area contributed by atoms with Gasteiger partial charge in [-0.25, -0.2) is 0 Å². The maximum Gasteiger partial charge on any atom is 0.240 e. The number of aromatic amines is 1. The molecule has 74 valence electrons. The van der Waals surface area contributed by atoms with Crippen LogP contribution in [0.1, 0.15) is 12.8 Å². The first-order chi connectivity index (χ1) is 6.90. The van der Waals surface area contributed by atoms with Crippen molar-refractivity contribution in [1.29, 1.82) is 0 Å². The SMILES string of the molecule is CCNCc1nc(-c2ccc[nH]2)no1. The van der Waals surface area contributed by atoms with Crippen molar-refractivity contribution in [3.8, 4) is 11.5 Å². The van der Waals surface area contributed by atoms with E-state index in [-0.39, 0.29) is 0 Å². The fourth-order valence-electron chi connectivity index (χ4n) is 1.14. The van der Waals surface area contributed by atoms with Gasteiger partial charge in [0, 0.05) is 6.20 Å². The van der Waals surface area contributed by atoms with Crippen molar-refractivity contribution in [1.82, 2.24) is 20.4 Å². The maximum absolute atomic E-state index is 5.05. The van der Waals surface area contributed by atoms with Crippen LogP contribution in [0.15, 0.2) is 22.9 Å². The maximum atomic E-state index is 5.05. The highest BCUT2D eigenvalue weighted by Crippen LogP contribution is 2.11. The molecule has 0 spiro atoms. The van der Waals surface area contributed by atoms with Crippen LogP contribution in [-0.4, -0.2) is 21.7 Å². The lowest BCUT2D eigenvalue weighted by molar-refractivity contribution is 0.369. The van der Waals surface area contributed by atoms with E-state index in [2.05, 4.69) is 20.4 Å². The Morgan fingerprint density at radius 3 is 3.21 bits per heavy atom. The van der Waals surface area contributed by atoms with Gasteiger partial charge in [0.05, 0.1) is 12.2 Å². The van der Waals surface area contributed by atoms with E-state index in [4.69, 9.17) is 4.52 Å². The minimum Gasteiger partial charge on any atom is -0.359 e. The molecule has 0 aliphatic rings. The lowest BCUT2D eigenvalue weighted by Crippen LogP contribution is -2.11. The van der Waals surface area contributed by atoms with Crippen molar-refractivity contribution in [2.75, 3.05) is 6.54 Å². The summed E-state index contributed by atoms with van der Waals surface area (Å²) in [5.41, 5.74) is 0.872. The van der Waals surface area contributed by atoms with E-state index < -0.39 is 0 Å². The third-order valence-electron chi connectivity index (χ3n) is 1.83. The summed E-state index contributed by atoms with van der Waals surface area (Å²) in [6.07, 6.45) is 1.83. The molecule has 2 rings (SSSR count). The third kappa shape index (κ3) is 1.82. The van der Waals surface area contributed by atoms with E-state index in [1.165, 1.54) is 0 Å². The van der Waals surface area contributed by atoms with Crippen molar-refractivity contribution in [2.45, 2.75) is 13.5 Å². The van der Waals surface area contributed by atoms with Crippen LogP contribution in [-0.2, 0) is 6.54 Å². The summed E-state index contributed by atoms with van der Waals surface area (Å²) in [6.45, 7) is 3.53. The first-order valence-corrected chi connectivity index (χ1v) is 4.57. The van der Waals surface area contributed by atoms with Gasteiger partial charge in [-0.1, -0.05) is 12.1 Å². The van der Waals surface area contributed by atoms with Gasteiger partial charge in [-0.05, 0) is 18.7 Å². The van der Waals surface area contributed by atoms with Crippen LogP contribution < -0.4 is 5.32 Å². The molecule has 2 heterocycles. The average molecular weight is 192 g/mol. The Kier molecular flexibility index (Phi) is 2.60. The summed E-state index contributed by atoms with van der Waals surface area (Å²) in [5, 5.41) is 6.97. The molecule has 0 aromatic carbocycles. The van der Waals surface area contributed by atoms with Gasteiger partial charge in [-0.3, -0.25) is 0 Å². The van der Waals surface area contributed by atoms with Crippen molar-refractivity contribution >= 4 is 0 Å². The molecule has 2 N–H and O–H groups in total. The highest BCUT2D eigenvalue weighted by molar-refractivity contribution is 5.47. The molecule has 0 atom stereocenters. The zero-order chi connectivity index (χ0) is 9.80. The first kappa shape index (κ1) is 8.96. The van der Waals surface area contributed by atoms with Gasteiger partial charge < -0.3 is 14.8 Å². The number of nitrogens with one attached hydrogen (secondary N) is 2. The number of nitrogens with zero attached hydrogens (tertiary/aromatic N) is 2. The van der Waals surface area contributed by atoms with Crippen molar-refractivity contribution in [3.63, 3.8) is 0 Å². The van der Waals surface area contributed by atoms with Crippen LogP contribution in [0.25, 0.3) is 11.5 Å². The third-order valence-corrected chi connectivity index (χ3v) is 1.83. The highest BCUT2D eigenvalue weighted by atomic mass is 16.5. The second kappa shape index (κ2) is 4.06. The summed E-state index contributed by atoms with van der Waals surface area (Å²) >= 11 is 0. The second-order valence-electron chi connectivity index (χ2n) is 2.88. The molecule has 0 aliphatic heterocycles. The Bertz CT molecular complexity index is 379. The summed E-state index contributed by atoms with van der Waals surface area (Å²) < 4.78 is 5.05. The van der Waals surface area contributed by atoms with E-state index in [9.17, 15) is 0 Å². The van der Waals surface area contributed by atoms with Crippen molar-refractivity contribution in [2.24, 2.45) is 0 Å². The van der Waals surface area contributed by atoms with Crippen LogP contribution in [0.4, 0.5) is 0 Å².